The molecule has 0 saturated heterocycles. The molecule has 1 aliphatic heterocycles. The minimum Gasteiger partial charge on any atom is -0.377 e. The van der Waals surface area contributed by atoms with E-state index in [2.05, 4.69) is 0 Å². The molecule has 8 heteroatoms. The number of hydrogen-bond donors (Lipinski definition) is 0. The molecule has 1 aliphatic rings. The van der Waals surface area contributed by atoms with Crippen molar-refractivity contribution in [1.29, 1.82) is 0 Å². The Morgan fingerprint density at radius 3 is 1.23 bits per heavy atom. The van der Waals surface area contributed by atoms with E-state index >= 15 is 0 Å². The molecule has 1 aromatic rings. The van der Waals surface area contributed by atoms with Gasteiger partial charge in [0.05, 0.1) is 66.1 Å². The number of fused-ring (bicyclic) bond motifs is 1. The first kappa shape index (κ1) is 18.4. The fraction of sp³-hybridized carbons (Fsp3) is 0.714. The summed E-state index contributed by atoms with van der Waals surface area (Å²) in [5.74, 6) is 0. The smallest absolute Gasteiger partial charge is 0.100 e. The molecule has 0 unspecified atom stereocenters. The molecule has 1 aromatic heterocycles. The van der Waals surface area contributed by atoms with Crippen LogP contribution in [0.15, 0.2) is 0 Å². The third-order valence-corrected chi connectivity index (χ3v) is 4.77. The van der Waals surface area contributed by atoms with Gasteiger partial charge in [-0.15, -0.1) is 11.3 Å². The zero-order chi connectivity index (χ0) is 15.6. The first-order chi connectivity index (χ1) is 10.8. The Balaban J connectivity index is 1.90. The summed E-state index contributed by atoms with van der Waals surface area (Å²) in [6.45, 7) is 5.01. The van der Waals surface area contributed by atoms with Crippen LogP contribution in [0, 0.1) is 0 Å². The molecule has 0 fully saturated rings. The quantitative estimate of drug-likeness (QED) is 0.701. The summed E-state index contributed by atoms with van der Waals surface area (Å²) in [5.41, 5.74) is 1.79. The van der Waals surface area contributed by atoms with Gasteiger partial charge in [0.1, 0.15) is 8.67 Å². The second kappa shape index (κ2) is 10.8. The molecule has 5 nitrogen and oxygen atoms in total. The minimum absolute atomic E-state index is 0.400. The zero-order valence-electron chi connectivity index (χ0n) is 12.3. The molecule has 0 saturated carbocycles. The molecule has 0 bridgehead atoms. The van der Waals surface area contributed by atoms with E-state index in [9.17, 15) is 0 Å². The van der Waals surface area contributed by atoms with Gasteiger partial charge in [0.25, 0.3) is 0 Å². The summed E-state index contributed by atoms with van der Waals surface area (Å²) in [5, 5.41) is 0. The van der Waals surface area contributed by atoms with Gasteiger partial charge in [0, 0.05) is 11.1 Å². The topological polar surface area (TPSA) is 46.2 Å². The standard InChI is InChI=1S/C14H20Cl2O5S/c15-13-11-9-20-7-5-18-3-1-17-2-4-19-6-8-21-10-12(11)14(16)22-13/h1-10H2. The highest BCUT2D eigenvalue weighted by Gasteiger charge is 2.16. The average Bonchev–Trinajstić information content (AvgIpc) is 2.76. The van der Waals surface area contributed by atoms with Crippen molar-refractivity contribution in [1.82, 2.24) is 0 Å². The van der Waals surface area contributed by atoms with Gasteiger partial charge in [0.15, 0.2) is 0 Å². The summed E-state index contributed by atoms with van der Waals surface area (Å²) in [7, 11) is 0. The molecule has 0 radical (unpaired) electrons. The molecule has 126 valence electrons. The van der Waals surface area contributed by atoms with Crippen LogP contribution in [0.1, 0.15) is 11.1 Å². The lowest BCUT2D eigenvalue weighted by atomic mass is 10.2. The van der Waals surface area contributed by atoms with Crippen molar-refractivity contribution >= 4 is 34.5 Å². The normalized spacial score (nSPS) is 20.3. The Morgan fingerprint density at radius 2 is 0.864 bits per heavy atom. The Morgan fingerprint density at radius 1 is 0.545 bits per heavy atom. The molecule has 0 N–H and O–H groups in total. The Bertz CT molecular complexity index is 405. The number of halogens is 2. The van der Waals surface area contributed by atoms with Crippen molar-refractivity contribution in [2.45, 2.75) is 13.2 Å². The Hall–Kier alpha value is 0.0800. The summed E-state index contributed by atoms with van der Waals surface area (Å²) in [6, 6.07) is 0. The van der Waals surface area contributed by atoms with E-state index in [1.807, 2.05) is 0 Å². The van der Waals surface area contributed by atoms with E-state index in [1.54, 1.807) is 0 Å². The molecule has 0 amide bonds. The lowest BCUT2D eigenvalue weighted by Gasteiger charge is -2.08. The Kier molecular flexibility index (Phi) is 9.03. The molecule has 0 aliphatic carbocycles. The van der Waals surface area contributed by atoms with Gasteiger partial charge >= 0.3 is 0 Å². The minimum atomic E-state index is 0.400. The van der Waals surface area contributed by atoms with Gasteiger partial charge in [0.2, 0.25) is 0 Å². The second-order valence-electron chi connectivity index (χ2n) is 4.55. The van der Waals surface area contributed by atoms with Crippen molar-refractivity contribution < 1.29 is 23.7 Å². The fourth-order valence-electron chi connectivity index (χ4n) is 1.85. The van der Waals surface area contributed by atoms with Gasteiger partial charge in [-0.25, -0.2) is 0 Å². The van der Waals surface area contributed by atoms with E-state index in [0.717, 1.165) is 11.1 Å². The first-order valence-electron chi connectivity index (χ1n) is 7.13. The summed E-state index contributed by atoms with van der Waals surface area (Å²) in [6.07, 6.45) is 0. The zero-order valence-corrected chi connectivity index (χ0v) is 14.6. The van der Waals surface area contributed by atoms with E-state index in [1.165, 1.54) is 11.3 Å². The van der Waals surface area contributed by atoms with Crippen molar-refractivity contribution in [3.63, 3.8) is 0 Å². The third-order valence-electron chi connectivity index (χ3n) is 3.00. The van der Waals surface area contributed by atoms with Crippen molar-refractivity contribution in [2.24, 2.45) is 0 Å². The van der Waals surface area contributed by atoms with E-state index < -0.39 is 0 Å². The molecule has 0 spiro atoms. The van der Waals surface area contributed by atoms with Crippen LogP contribution in [0.3, 0.4) is 0 Å². The predicted octanol–water partition coefficient (Wildman–Crippen LogP) is 3.15. The predicted molar refractivity (Wildman–Crippen MR) is 86.1 cm³/mol. The maximum Gasteiger partial charge on any atom is 0.100 e. The molecule has 0 atom stereocenters. The van der Waals surface area contributed by atoms with Crippen LogP contribution in [0.25, 0.3) is 0 Å². The first-order valence-corrected chi connectivity index (χ1v) is 8.70. The monoisotopic (exact) mass is 370 g/mol. The highest BCUT2D eigenvalue weighted by molar-refractivity contribution is 7.20. The second-order valence-corrected chi connectivity index (χ2v) is 6.77. The molecule has 22 heavy (non-hydrogen) atoms. The largest absolute Gasteiger partial charge is 0.377 e. The molecule has 0 aromatic carbocycles. The molecular weight excluding hydrogens is 351 g/mol. The summed E-state index contributed by atoms with van der Waals surface area (Å²) < 4.78 is 28.7. The molecule has 2 rings (SSSR count). The van der Waals surface area contributed by atoms with Crippen LogP contribution in [-0.2, 0) is 36.9 Å². The highest BCUT2D eigenvalue weighted by Crippen LogP contribution is 2.37. The van der Waals surface area contributed by atoms with Crippen LogP contribution < -0.4 is 0 Å². The fourth-order valence-corrected chi connectivity index (χ4v) is 3.54. The lowest BCUT2D eigenvalue weighted by molar-refractivity contribution is -0.0117. The molecular formula is C14H20Cl2O5S. The van der Waals surface area contributed by atoms with E-state index in [0.29, 0.717) is 74.7 Å². The third kappa shape index (κ3) is 6.29. The van der Waals surface area contributed by atoms with E-state index in [-0.39, 0.29) is 0 Å². The van der Waals surface area contributed by atoms with Gasteiger partial charge in [-0.3, -0.25) is 0 Å². The van der Waals surface area contributed by atoms with Gasteiger partial charge in [-0.1, -0.05) is 23.2 Å². The summed E-state index contributed by atoms with van der Waals surface area (Å²) in [4.78, 5) is 0. The number of ether oxygens (including phenoxy) is 5. The van der Waals surface area contributed by atoms with Gasteiger partial charge < -0.3 is 23.7 Å². The maximum absolute atomic E-state index is 6.21. The average molecular weight is 371 g/mol. The van der Waals surface area contributed by atoms with Crippen LogP contribution >= 0.6 is 34.5 Å². The highest BCUT2D eigenvalue weighted by atomic mass is 35.5. The van der Waals surface area contributed by atoms with Crippen LogP contribution in [-0.4, -0.2) is 52.9 Å². The maximum atomic E-state index is 6.21. The Labute approximate surface area is 144 Å². The summed E-state index contributed by atoms with van der Waals surface area (Å²) >= 11 is 13.8. The SMILES string of the molecule is Clc1sc(Cl)c2c1COCCOCCOCCOCCOC2. The number of rotatable bonds is 0. The van der Waals surface area contributed by atoms with Gasteiger partial charge in [-0.05, 0) is 0 Å². The number of hydrogen-bond acceptors (Lipinski definition) is 6. The van der Waals surface area contributed by atoms with Gasteiger partial charge in [-0.2, -0.15) is 0 Å². The van der Waals surface area contributed by atoms with E-state index in [4.69, 9.17) is 46.9 Å². The van der Waals surface area contributed by atoms with Crippen LogP contribution in [0.4, 0.5) is 0 Å². The van der Waals surface area contributed by atoms with Crippen molar-refractivity contribution in [3.8, 4) is 0 Å². The van der Waals surface area contributed by atoms with Crippen LogP contribution in [0.5, 0.6) is 0 Å². The van der Waals surface area contributed by atoms with Crippen molar-refractivity contribution in [3.05, 3.63) is 19.8 Å². The number of thiophene rings is 1. The lowest BCUT2D eigenvalue weighted by Crippen LogP contribution is -2.12. The molecule has 2 heterocycles. The van der Waals surface area contributed by atoms with Crippen LogP contribution in [0.2, 0.25) is 8.67 Å². The van der Waals surface area contributed by atoms with Crippen molar-refractivity contribution in [2.75, 3.05) is 52.9 Å².